The molecule has 0 N–H and O–H groups in total. The van der Waals surface area contributed by atoms with E-state index in [1.165, 1.54) is 0 Å². The Hall–Kier alpha value is -0.703. The lowest BCUT2D eigenvalue weighted by atomic mass is 10.2. The number of halogens is 2. The largest absolute Gasteiger partial charge is 0.455 e. The van der Waals surface area contributed by atoms with Gasteiger partial charge in [0.25, 0.3) is 0 Å². The van der Waals surface area contributed by atoms with E-state index in [1.807, 2.05) is 13.0 Å². The maximum absolute atomic E-state index is 13.5. The van der Waals surface area contributed by atoms with Gasteiger partial charge in [-0.1, -0.05) is 30.7 Å². The van der Waals surface area contributed by atoms with Gasteiger partial charge >= 0.3 is 8.74 Å². The van der Waals surface area contributed by atoms with Gasteiger partial charge in [-0.15, -0.1) is 0 Å². The Labute approximate surface area is 79.0 Å². The van der Waals surface area contributed by atoms with E-state index in [0.29, 0.717) is 5.19 Å². The fraction of sp³-hybridized carbons (Fsp3) is 0.400. The molecule has 1 rings (SSSR count). The molecule has 3 heteroatoms. The zero-order valence-electron chi connectivity index (χ0n) is 8.20. The Morgan fingerprint density at radius 3 is 2.38 bits per heavy atom. The first kappa shape index (κ1) is 10.4. The van der Waals surface area contributed by atoms with E-state index >= 15 is 0 Å². The number of rotatable bonds is 2. The standard InChI is InChI=1S/C10H14F2Si/c1-4-13(11,12)10-7-8(2)5-6-9(10)3/h5-7H,4H2,1-3H3. The highest BCUT2D eigenvalue weighted by atomic mass is 28.4. The van der Waals surface area contributed by atoms with Gasteiger partial charge in [0.1, 0.15) is 0 Å². The Kier molecular flexibility index (Phi) is 2.86. The smallest absolute Gasteiger partial charge is 0.265 e. The van der Waals surface area contributed by atoms with Crippen LogP contribution in [0.3, 0.4) is 0 Å². The molecule has 0 aliphatic carbocycles. The molecule has 0 unspecified atom stereocenters. The van der Waals surface area contributed by atoms with Gasteiger partial charge in [-0.05, 0) is 25.5 Å². The minimum atomic E-state index is -4.13. The van der Waals surface area contributed by atoms with Crippen LogP contribution in [0.15, 0.2) is 18.2 Å². The van der Waals surface area contributed by atoms with Crippen molar-refractivity contribution in [1.29, 1.82) is 0 Å². The summed E-state index contributed by atoms with van der Waals surface area (Å²) in [6, 6.07) is 5.28. The molecule has 0 aromatic heterocycles. The van der Waals surface area contributed by atoms with Gasteiger partial charge in [0, 0.05) is 5.19 Å². The zero-order chi connectivity index (χ0) is 10.1. The molecule has 1 aromatic rings. The average Bonchev–Trinajstić information content (AvgIpc) is 2.09. The van der Waals surface area contributed by atoms with Gasteiger partial charge in [-0.25, -0.2) is 0 Å². The topological polar surface area (TPSA) is 0 Å². The second-order valence-corrected chi connectivity index (χ2v) is 6.03. The molecular weight excluding hydrogens is 186 g/mol. The van der Waals surface area contributed by atoms with Crippen molar-refractivity contribution in [3.8, 4) is 0 Å². The van der Waals surface area contributed by atoms with Crippen LogP contribution in [0, 0.1) is 13.8 Å². The van der Waals surface area contributed by atoms with Crippen LogP contribution in [0.1, 0.15) is 18.1 Å². The third kappa shape index (κ3) is 2.15. The number of hydrogen-bond acceptors (Lipinski definition) is 0. The molecule has 13 heavy (non-hydrogen) atoms. The van der Waals surface area contributed by atoms with Gasteiger partial charge in [0.15, 0.2) is 0 Å². The molecule has 0 saturated heterocycles. The molecule has 0 fully saturated rings. The number of benzene rings is 1. The molecule has 0 spiro atoms. The molecular formula is C10H14F2Si. The van der Waals surface area contributed by atoms with E-state index in [1.54, 1.807) is 26.0 Å². The highest BCUT2D eigenvalue weighted by Gasteiger charge is 2.36. The third-order valence-electron chi connectivity index (χ3n) is 2.23. The quantitative estimate of drug-likeness (QED) is 0.508. The monoisotopic (exact) mass is 200 g/mol. The zero-order valence-corrected chi connectivity index (χ0v) is 9.20. The predicted octanol–water partition coefficient (Wildman–Crippen LogP) is 2.91. The van der Waals surface area contributed by atoms with Crippen molar-refractivity contribution < 1.29 is 8.22 Å². The first-order valence-corrected chi connectivity index (χ1v) is 6.39. The van der Waals surface area contributed by atoms with Crippen LogP contribution in [-0.4, -0.2) is 8.74 Å². The van der Waals surface area contributed by atoms with Gasteiger partial charge in [0.05, 0.1) is 0 Å². The lowest BCUT2D eigenvalue weighted by molar-refractivity contribution is 0.624. The van der Waals surface area contributed by atoms with Crippen molar-refractivity contribution in [2.45, 2.75) is 26.8 Å². The second kappa shape index (κ2) is 3.58. The molecule has 72 valence electrons. The predicted molar refractivity (Wildman–Crippen MR) is 54.0 cm³/mol. The van der Waals surface area contributed by atoms with Crippen molar-refractivity contribution >= 4 is 13.9 Å². The number of aryl methyl sites for hydroxylation is 2. The third-order valence-corrected chi connectivity index (χ3v) is 4.45. The highest BCUT2D eigenvalue weighted by molar-refractivity contribution is 6.80. The molecule has 1 aromatic carbocycles. The van der Waals surface area contributed by atoms with Gasteiger partial charge < -0.3 is 0 Å². The Morgan fingerprint density at radius 1 is 1.23 bits per heavy atom. The van der Waals surface area contributed by atoms with Crippen LogP contribution in [0.5, 0.6) is 0 Å². The van der Waals surface area contributed by atoms with E-state index in [4.69, 9.17) is 0 Å². The van der Waals surface area contributed by atoms with Crippen molar-refractivity contribution in [1.82, 2.24) is 0 Å². The molecule has 0 heterocycles. The van der Waals surface area contributed by atoms with Crippen LogP contribution < -0.4 is 5.19 Å². The summed E-state index contributed by atoms with van der Waals surface area (Å²) < 4.78 is 26.9. The first-order chi connectivity index (χ1) is 5.97. The maximum atomic E-state index is 13.5. The van der Waals surface area contributed by atoms with E-state index in [2.05, 4.69) is 0 Å². The molecule has 0 nitrogen and oxygen atoms in total. The SMILES string of the molecule is CC[Si](F)(F)c1cc(C)ccc1C. The highest BCUT2D eigenvalue weighted by Crippen LogP contribution is 2.15. The minimum Gasteiger partial charge on any atom is -0.265 e. The van der Waals surface area contributed by atoms with E-state index in [-0.39, 0.29) is 6.04 Å². The van der Waals surface area contributed by atoms with Crippen molar-refractivity contribution in [2.75, 3.05) is 0 Å². The van der Waals surface area contributed by atoms with Crippen LogP contribution in [0.4, 0.5) is 8.22 Å². The van der Waals surface area contributed by atoms with E-state index < -0.39 is 8.74 Å². The van der Waals surface area contributed by atoms with E-state index in [0.717, 1.165) is 11.1 Å². The second-order valence-electron chi connectivity index (χ2n) is 3.38. The summed E-state index contributed by atoms with van der Waals surface area (Å²) in [6.07, 6.45) is 0. The van der Waals surface area contributed by atoms with Gasteiger partial charge in [-0.2, -0.15) is 0 Å². The summed E-state index contributed by atoms with van der Waals surface area (Å²) in [4.78, 5) is 0. The number of hydrogen-bond donors (Lipinski definition) is 0. The fourth-order valence-electron chi connectivity index (χ4n) is 1.32. The van der Waals surface area contributed by atoms with Crippen molar-refractivity contribution in [3.05, 3.63) is 29.3 Å². The lowest BCUT2D eigenvalue weighted by Gasteiger charge is -2.14. The fourth-order valence-corrected chi connectivity index (χ4v) is 2.80. The average molecular weight is 200 g/mol. The van der Waals surface area contributed by atoms with E-state index in [9.17, 15) is 8.22 Å². The lowest BCUT2D eigenvalue weighted by Crippen LogP contribution is -2.39. The van der Waals surface area contributed by atoms with Gasteiger partial charge in [0.2, 0.25) is 0 Å². The summed E-state index contributed by atoms with van der Waals surface area (Å²) in [7, 11) is -4.13. The Bertz CT molecular complexity index is 308. The van der Waals surface area contributed by atoms with Crippen LogP contribution in [-0.2, 0) is 0 Å². The summed E-state index contributed by atoms with van der Waals surface area (Å²) in [5.41, 5.74) is 1.64. The molecule has 0 aliphatic rings. The van der Waals surface area contributed by atoms with Crippen LogP contribution in [0.25, 0.3) is 0 Å². The Morgan fingerprint density at radius 2 is 1.85 bits per heavy atom. The normalized spacial score (nSPS) is 11.8. The molecule has 0 atom stereocenters. The summed E-state index contributed by atoms with van der Waals surface area (Å²) >= 11 is 0. The van der Waals surface area contributed by atoms with Crippen molar-refractivity contribution in [2.24, 2.45) is 0 Å². The summed E-state index contributed by atoms with van der Waals surface area (Å²) in [5.74, 6) is 0. The van der Waals surface area contributed by atoms with Gasteiger partial charge in [-0.3, -0.25) is 8.22 Å². The van der Waals surface area contributed by atoms with Crippen LogP contribution >= 0.6 is 0 Å². The summed E-state index contributed by atoms with van der Waals surface area (Å²) in [5, 5.41) is 0.301. The summed E-state index contributed by atoms with van der Waals surface area (Å²) in [6.45, 7) is 5.17. The first-order valence-electron chi connectivity index (χ1n) is 4.43. The molecule has 0 saturated carbocycles. The molecule has 0 amide bonds. The molecule has 0 radical (unpaired) electrons. The van der Waals surface area contributed by atoms with Crippen LogP contribution in [0.2, 0.25) is 6.04 Å². The minimum absolute atomic E-state index is 0.00269. The Balaban J connectivity index is 3.20. The molecule has 0 bridgehead atoms. The van der Waals surface area contributed by atoms with Crippen molar-refractivity contribution in [3.63, 3.8) is 0 Å². The molecule has 0 aliphatic heterocycles. The maximum Gasteiger partial charge on any atom is 0.455 e.